The van der Waals surface area contributed by atoms with E-state index in [4.69, 9.17) is 54.8 Å². The first-order valence-electron chi connectivity index (χ1n) is 49.1. The van der Waals surface area contributed by atoms with Gasteiger partial charge in [-0.1, -0.05) is 119 Å². The number of carbonyl (C=O) groups excluding carboxylic acids is 15. The Morgan fingerprint density at radius 2 is 1.35 bits per heavy atom. The number of Topliss-reactive ketones (excluding diaryl/α,β-unsaturated/α-hetero) is 4. The van der Waals surface area contributed by atoms with Gasteiger partial charge in [-0.15, -0.1) is 11.8 Å². The second-order valence-corrected chi connectivity index (χ2v) is 41.1. The maximum Gasteiger partial charge on any atom is 0.350 e. The quantitative estimate of drug-likeness (QED) is 0.00428. The molecule has 3 saturated heterocycles. The monoisotopic (exact) mass is 2040 g/mol. The fraction of sp³-hybridized carbons (Fsp3) is 0.523. The first-order chi connectivity index (χ1) is 69.0. The third-order valence-electron chi connectivity index (χ3n) is 30.0. The first kappa shape index (κ1) is 112. The van der Waals surface area contributed by atoms with E-state index in [2.05, 4.69) is 17.2 Å². The van der Waals surface area contributed by atoms with E-state index < -0.39 is 281 Å². The zero-order valence-electron chi connectivity index (χ0n) is 83.3. The maximum atomic E-state index is 16.0. The standard InChI is InChI=1S/C80H100N4O23S.C27H30N2O9/c1-10-50(56(88)40-55(31-34-65(94)95)57(89)39-54(47(4)85)30-33-63(92)82-36-38-108-59-41-64(93)84(46(59)3)37-22-14-21-29-62(81)91)32-35-66(96)105-70(68(51-23-15-11-16-24-51)83-74(98)52-25-17-12-18-26-52)76(100)104-58-43-80(101)73(106-75(99)53-27-19-13-20-28-53)71-78(9,60(90)42-61-79(71,44-102-61)107-49(6)87)72(97)69(103-48(5)86)67(45(58)2)77(80,7)8;1-10-4-3-5-12-18(10)25(34)21-20(23(12)32)24(33)13-7-27(36,16(29)9-30)8-15(19(13)26(21)35)38-17-6-14(28)22(31)11(2)37-17/h11-13,15-20,23-28,50,54-55,58-61,68-71,73,90,101H,3,10,14,21-22,29-44H2,1-2,4-9H3,(H2,81,91)(H,82,92)(H,83,98)(H,94,95);3-5,11,14-15,17,22,29-31,33,35-36H,6-9,28H2,1-2H3/t50?,54?,55?,58-,59?,60-,61+,68-,69+,70+,71?,73-,78+,79-,80+;11-,14-,15-,17?,22+,27-/m01/s1. The van der Waals surface area contributed by atoms with E-state index in [0.717, 1.165) is 20.3 Å². The third kappa shape index (κ3) is 23.9. The van der Waals surface area contributed by atoms with E-state index in [1.807, 2.05) is 0 Å². The lowest BCUT2D eigenvalue weighted by Crippen LogP contribution is -2.82. The van der Waals surface area contributed by atoms with Crippen molar-refractivity contribution < 1.29 is 155 Å². The van der Waals surface area contributed by atoms with Gasteiger partial charge in [-0.05, 0) is 120 Å². The molecule has 146 heavy (non-hydrogen) atoms. The Kier molecular flexibility index (Phi) is 36.3. The van der Waals surface area contributed by atoms with Gasteiger partial charge in [-0.2, -0.15) is 0 Å². The van der Waals surface area contributed by atoms with Crippen molar-refractivity contribution >= 4 is 112 Å². The molecule has 0 spiro atoms. The molecule has 5 aromatic carbocycles. The molecule has 8 aliphatic rings. The molecule has 15 N–H and O–H groups in total. The van der Waals surface area contributed by atoms with E-state index in [1.54, 1.807) is 92.4 Å². The van der Waals surface area contributed by atoms with Crippen molar-refractivity contribution in [1.29, 1.82) is 5.41 Å². The lowest BCUT2D eigenvalue weighted by molar-refractivity contribution is -0.346. The second-order valence-electron chi connectivity index (χ2n) is 39.8. The number of hydrogen-bond acceptors (Lipinski definition) is 34. The smallest absolute Gasteiger partial charge is 0.350 e. The number of esters is 5. The van der Waals surface area contributed by atoms with Gasteiger partial charge in [0, 0.05) is 172 Å². The van der Waals surface area contributed by atoms with Crippen LogP contribution in [-0.2, 0) is 102 Å². The number of unbranched alkanes of at least 4 members (excludes halogenated alkanes) is 2. The number of aliphatic hydroxyl groups is 5. The van der Waals surface area contributed by atoms with Crippen LogP contribution in [0.1, 0.15) is 265 Å². The van der Waals surface area contributed by atoms with Gasteiger partial charge in [0.05, 0.1) is 76.6 Å². The highest BCUT2D eigenvalue weighted by molar-refractivity contribution is 8.00. The molecule has 39 heteroatoms. The number of carbonyl (C=O) groups is 16. The number of ether oxygens (including phenoxy) is 8. The summed E-state index contributed by atoms with van der Waals surface area (Å²) < 4.78 is 49.2. The minimum Gasteiger partial charge on any atom is -0.507 e. The molecule has 5 fully saturated rings. The second kappa shape index (κ2) is 47.2. The number of benzene rings is 5. The molecule has 38 nitrogen and oxygen atoms in total. The molecule has 21 atom stereocenters. The molecular weight excluding hydrogens is 1910 g/mol. The van der Waals surface area contributed by atoms with Crippen molar-refractivity contribution in [1.82, 2.24) is 15.5 Å². The Morgan fingerprint density at radius 3 is 1.96 bits per heavy atom. The molecule has 2 saturated carbocycles. The van der Waals surface area contributed by atoms with Crippen molar-refractivity contribution in [3.63, 3.8) is 0 Å². The Hall–Kier alpha value is -12.4. The molecule has 2 bridgehead atoms. The van der Waals surface area contributed by atoms with Crippen LogP contribution in [0, 0.1) is 46.8 Å². The molecule has 3 aliphatic heterocycles. The molecule has 5 aromatic rings. The van der Waals surface area contributed by atoms with Crippen molar-refractivity contribution in [2.75, 3.05) is 32.1 Å². The number of aryl methyl sites for hydroxylation is 1. The van der Waals surface area contributed by atoms with Gasteiger partial charge >= 0.3 is 35.8 Å². The zero-order chi connectivity index (χ0) is 107. The van der Waals surface area contributed by atoms with Crippen LogP contribution in [0.15, 0.2) is 133 Å². The molecule has 786 valence electrons. The molecular formula is C107H130N6O32S. The third-order valence-corrected chi connectivity index (χ3v) is 31.3. The number of hydrogen-bond donors (Lipinski definition) is 13. The van der Waals surface area contributed by atoms with Gasteiger partial charge < -0.3 is 111 Å². The van der Waals surface area contributed by atoms with Crippen LogP contribution in [0.4, 0.5) is 0 Å². The van der Waals surface area contributed by atoms with Crippen molar-refractivity contribution in [2.24, 2.45) is 46.0 Å². The van der Waals surface area contributed by atoms with Crippen molar-refractivity contribution in [3.8, 4) is 11.5 Å². The van der Waals surface area contributed by atoms with E-state index in [1.165, 1.54) is 88.8 Å². The molecule has 3 heterocycles. The summed E-state index contributed by atoms with van der Waals surface area (Å²) in [4.78, 5) is 222. The fourth-order valence-corrected chi connectivity index (χ4v) is 22.9. The number of aliphatic carboxylic acids is 1. The van der Waals surface area contributed by atoms with Gasteiger partial charge in [0.25, 0.3) is 5.91 Å². The summed E-state index contributed by atoms with van der Waals surface area (Å²) >= 11 is 1.46. The summed E-state index contributed by atoms with van der Waals surface area (Å²) in [6.45, 7) is 17.7. The number of thioether (sulfide) groups is 1. The largest absolute Gasteiger partial charge is 0.507 e. The van der Waals surface area contributed by atoms with Crippen LogP contribution >= 0.6 is 11.8 Å². The highest BCUT2D eigenvalue weighted by Gasteiger charge is 2.79. The lowest BCUT2D eigenvalue weighted by Gasteiger charge is -2.67. The maximum absolute atomic E-state index is 16.0. The molecule has 4 amide bonds. The number of carboxylic acids is 1. The Balaban J connectivity index is 0.000000412. The summed E-state index contributed by atoms with van der Waals surface area (Å²) in [6, 6.07) is 25.8. The number of amides is 4. The SMILES string of the molecule is C=C1C(SCCNC(=O)CCC(CC(=O)C(CCC(=O)O)CC(=O)C(CC)CCC(=O)O[C@@H](C(=O)O[C@H]2C[C@@]3(O)[C@@H](OC(=O)c4ccccc4)C4[C@](C)(C(=O)[C@H](OC(C)=O)C(=C2C)C3(C)C)[C@@H](O)C[C@H]2OC[C@@]42OC(C)=O)[C@@H](NC(=O)c2ccccc2)c2ccccc2)C(C)=O)CC(=O)N1CCCCCC(N)=O.Cc1cccc2c1C(=O)c1c(O)c3c(c(O)c1C2=O)C[C@](O)(C(=N)CO)C[C@H]3OC1C[C@@H](N)[C@@H](O)[C@@H](C)O1. The predicted molar refractivity (Wildman–Crippen MR) is 523 cm³/mol. The van der Waals surface area contributed by atoms with E-state index >= 15 is 9.59 Å². The molecule has 13 rings (SSSR count). The molecule has 0 aromatic heterocycles. The van der Waals surface area contributed by atoms with E-state index in [9.17, 15) is 108 Å². The number of phenolic OH excluding ortho intramolecular Hbond substituents is 2. The number of ketones is 6. The Bertz CT molecular complexity index is 5900. The normalized spacial score (nSPS) is 26.7. The average molecular weight is 2040 g/mol. The number of aromatic hydroxyl groups is 2. The van der Waals surface area contributed by atoms with Crippen LogP contribution in [0.25, 0.3) is 0 Å². The van der Waals surface area contributed by atoms with Crippen molar-refractivity contribution in [2.45, 2.75) is 287 Å². The molecule has 6 unspecified atom stereocenters. The predicted octanol–water partition coefficient (Wildman–Crippen LogP) is 8.24. The van der Waals surface area contributed by atoms with Gasteiger partial charge in [0.2, 0.25) is 23.8 Å². The minimum atomic E-state index is -2.59. The molecule has 5 aliphatic carbocycles. The van der Waals surface area contributed by atoms with E-state index in [-0.39, 0.29) is 143 Å². The summed E-state index contributed by atoms with van der Waals surface area (Å²) in [6.07, 6.45) is -16.3. The Morgan fingerprint density at radius 1 is 0.719 bits per heavy atom. The van der Waals surface area contributed by atoms with Crippen molar-refractivity contribution in [3.05, 3.63) is 188 Å². The van der Waals surface area contributed by atoms with Gasteiger partial charge in [0.1, 0.15) is 64.4 Å². The first-order valence-corrected chi connectivity index (χ1v) is 50.1. The number of primary amides is 1. The van der Waals surface area contributed by atoms with Crippen LogP contribution in [0.5, 0.6) is 11.5 Å². The summed E-state index contributed by atoms with van der Waals surface area (Å²) in [5.41, 5.74) is 0.989. The van der Waals surface area contributed by atoms with Gasteiger partial charge in [-0.25, -0.2) is 9.59 Å². The average Bonchev–Trinajstić information content (AvgIpc) is 0.694. The topological polar surface area (TPSA) is 612 Å². The number of likely N-dealkylation sites (tertiary alicyclic amines) is 1. The number of aliphatic hydroxyl groups excluding tert-OH is 3. The lowest BCUT2D eigenvalue weighted by atomic mass is 9.44. The zero-order valence-corrected chi connectivity index (χ0v) is 84.1. The number of phenols is 2. The summed E-state index contributed by atoms with van der Waals surface area (Å²) in [5, 5.41) is 104. The number of carboxylic acid groups (broad SMARTS) is 1. The summed E-state index contributed by atoms with van der Waals surface area (Å²) in [7, 11) is 0. The number of nitrogens with two attached hydrogens (primary N) is 2. The number of nitrogens with zero attached hydrogens (tertiary/aromatic N) is 1. The van der Waals surface area contributed by atoms with Gasteiger partial charge in [0.15, 0.2) is 35.3 Å². The number of nitrogens with one attached hydrogen (secondary N) is 3. The van der Waals surface area contributed by atoms with Gasteiger partial charge in [-0.3, -0.25) is 67.1 Å². The van der Waals surface area contributed by atoms with Crippen LogP contribution in [-0.4, -0.2) is 261 Å². The fourth-order valence-electron chi connectivity index (χ4n) is 21.8. The highest BCUT2D eigenvalue weighted by atomic mass is 32.2. The minimum absolute atomic E-state index is 0.0179. The van der Waals surface area contributed by atoms with E-state index in [0.29, 0.717) is 36.4 Å². The number of rotatable bonds is 42. The molecule has 0 radical (unpaired) electrons. The number of fused-ring (bicyclic) bond motifs is 8. The van der Waals surface area contributed by atoms with Crippen LogP contribution < -0.4 is 22.1 Å². The van der Waals surface area contributed by atoms with Crippen LogP contribution in [0.2, 0.25) is 0 Å². The highest BCUT2D eigenvalue weighted by Crippen LogP contribution is 2.65. The Labute approximate surface area is 848 Å². The summed E-state index contributed by atoms with van der Waals surface area (Å²) in [5.74, 6) is -17.6. The van der Waals surface area contributed by atoms with Crippen LogP contribution in [0.3, 0.4) is 0 Å².